The third-order valence-corrected chi connectivity index (χ3v) is 2.77. The van der Waals surface area contributed by atoms with E-state index in [1.54, 1.807) is 37.4 Å². The summed E-state index contributed by atoms with van der Waals surface area (Å²) in [5, 5.41) is 2.80. The van der Waals surface area contributed by atoms with Gasteiger partial charge in [-0.3, -0.25) is 4.79 Å². The van der Waals surface area contributed by atoms with Gasteiger partial charge in [0.25, 0.3) is 5.91 Å². The van der Waals surface area contributed by atoms with Crippen molar-refractivity contribution in [1.82, 2.24) is 4.98 Å². The lowest BCUT2D eigenvalue weighted by Crippen LogP contribution is -2.17. The van der Waals surface area contributed by atoms with Crippen LogP contribution in [0.3, 0.4) is 0 Å². The van der Waals surface area contributed by atoms with E-state index in [-0.39, 0.29) is 5.91 Å². The summed E-state index contributed by atoms with van der Waals surface area (Å²) < 4.78 is 5.07. The Balaban J connectivity index is 2.12. The molecular weight excluding hydrogens is 254 g/mol. The quantitative estimate of drug-likeness (QED) is 0.927. The van der Waals surface area contributed by atoms with Crippen LogP contribution in [-0.4, -0.2) is 32.1 Å². The highest BCUT2D eigenvalue weighted by atomic mass is 16.5. The first-order valence-electron chi connectivity index (χ1n) is 6.20. The SMILES string of the molecule is COc1ccc(NC(=O)c2cccc(N(C)C)n2)cc1. The molecule has 20 heavy (non-hydrogen) atoms. The second kappa shape index (κ2) is 6.06. The van der Waals surface area contributed by atoms with Crippen molar-refractivity contribution in [2.75, 3.05) is 31.4 Å². The summed E-state index contributed by atoms with van der Waals surface area (Å²) >= 11 is 0. The number of rotatable bonds is 4. The van der Waals surface area contributed by atoms with Crippen LogP contribution < -0.4 is 15.0 Å². The van der Waals surface area contributed by atoms with Gasteiger partial charge in [-0.1, -0.05) is 6.07 Å². The van der Waals surface area contributed by atoms with Crippen LogP contribution in [0.2, 0.25) is 0 Å². The summed E-state index contributed by atoms with van der Waals surface area (Å²) in [7, 11) is 5.37. The molecule has 1 amide bonds. The van der Waals surface area contributed by atoms with Gasteiger partial charge in [0.2, 0.25) is 0 Å². The van der Waals surface area contributed by atoms with E-state index in [9.17, 15) is 4.79 Å². The molecule has 1 heterocycles. The second-order valence-electron chi connectivity index (χ2n) is 4.46. The third kappa shape index (κ3) is 3.26. The average molecular weight is 271 g/mol. The number of amides is 1. The van der Waals surface area contributed by atoms with Crippen LogP contribution >= 0.6 is 0 Å². The minimum atomic E-state index is -0.237. The van der Waals surface area contributed by atoms with Crippen molar-refractivity contribution in [2.24, 2.45) is 0 Å². The maximum Gasteiger partial charge on any atom is 0.274 e. The highest BCUT2D eigenvalue weighted by Crippen LogP contribution is 2.16. The van der Waals surface area contributed by atoms with Gasteiger partial charge in [-0.15, -0.1) is 0 Å². The Hall–Kier alpha value is -2.56. The first kappa shape index (κ1) is 13.9. The minimum Gasteiger partial charge on any atom is -0.497 e. The van der Waals surface area contributed by atoms with Crippen LogP contribution in [0.1, 0.15) is 10.5 Å². The molecule has 104 valence electrons. The molecule has 0 atom stereocenters. The lowest BCUT2D eigenvalue weighted by molar-refractivity contribution is 0.102. The number of hydrogen-bond acceptors (Lipinski definition) is 4. The zero-order valence-corrected chi connectivity index (χ0v) is 11.8. The molecule has 0 saturated heterocycles. The Morgan fingerprint density at radius 2 is 1.85 bits per heavy atom. The summed E-state index contributed by atoms with van der Waals surface area (Å²) in [4.78, 5) is 18.3. The van der Waals surface area contributed by atoms with Gasteiger partial charge in [0, 0.05) is 19.8 Å². The highest BCUT2D eigenvalue weighted by Gasteiger charge is 2.09. The molecule has 5 heteroatoms. The average Bonchev–Trinajstić information content (AvgIpc) is 2.48. The molecule has 0 aliphatic carbocycles. The van der Waals surface area contributed by atoms with Crippen LogP contribution in [0.15, 0.2) is 42.5 Å². The molecule has 1 aromatic heterocycles. The van der Waals surface area contributed by atoms with Gasteiger partial charge >= 0.3 is 0 Å². The highest BCUT2D eigenvalue weighted by molar-refractivity contribution is 6.03. The molecule has 2 rings (SSSR count). The van der Waals surface area contributed by atoms with Gasteiger partial charge in [0.1, 0.15) is 17.3 Å². The van der Waals surface area contributed by atoms with Crippen molar-refractivity contribution in [2.45, 2.75) is 0 Å². The smallest absolute Gasteiger partial charge is 0.274 e. The zero-order valence-electron chi connectivity index (χ0n) is 11.8. The molecule has 0 aliphatic rings. The first-order chi connectivity index (χ1) is 9.60. The lowest BCUT2D eigenvalue weighted by atomic mass is 10.2. The maximum atomic E-state index is 12.1. The summed E-state index contributed by atoms with van der Waals surface area (Å²) in [6.07, 6.45) is 0. The van der Waals surface area contributed by atoms with Crippen LogP contribution in [0.4, 0.5) is 11.5 Å². The van der Waals surface area contributed by atoms with E-state index in [4.69, 9.17) is 4.74 Å². The summed E-state index contributed by atoms with van der Waals surface area (Å²) in [5.74, 6) is 1.25. The van der Waals surface area contributed by atoms with Gasteiger partial charge in [0.05, 0.1) is 7.11 Å². The van der Waals surface area contributed by atoms with E-state index < -0.39 is 0 Å². The topological polar surface area (TPSA) is 54.5 Å². The number of aromatic nitrogens is 1. The predicted octanol–water partition coefficient (Wildman–Crippen LogP) is 2.41. The number of nitrogens with zero attached hydrogens (tertiary/aromatic N) is 2. The molecule has 2 aromatic rings. The number of ether oxygens (including phenoxy) is 1. The maximum absolute atomic E-state index is 12.1. The number of methoxy groups -OCH3 is 1. The minimum absolute atomic E-state index is 0.237. The molecular formula is C15H17N3O2. The zero-order chi connectivity index (χ0) is 14.5. The number of carbonyl (C=O) groups excluding carboxylic acids is 1. The standard InChI is InChI=1S/C15H17N3O2/c1-18(2)14-6-4-5-13(17-14)15(19)16-11-7-9-12(20-3)10-8-11/h4-10H,1-3H3,(H,16,19). The van der Waals surface area contributed by atoms with Crippen molar-refractivity contribution in [3.05, 3.63) is 48.2 Å². The molecule has 1 N–H and O–H groups in total. The van der Waals surface area contributed by atoms with Crippen molar-refractivity contribution < 1.29 is 9.53 Å². The van der Waals surface area contributed by atoms with Crippen molar-refractivity contribution in [3.8, 4) is 5.75 Å². The Bertz CT molecular complexity index is 594. The molecule has 5 nitrogen and oxygen atoms in total. The summed E-state index contributed by atoms with van der Waals surface area (Å²) in [6.45, 7) is 0. The number of carbonyl (C=O) groups is 1. The first-order valence-corrected chi connectivity index (χ1v) is 6.20. The van der Waals surface area contributed by atoms with E-state index in [2.05, 4.69) is 10.3 Å². The predicted molar refractivity (Wildman–Crippen MR) is 79.5 cm³/mol. The Morgan fingerprint density at radius 1 is 1.15 bits per heavy atom. The Labute approximate surface area is 118 Å². The largest absolute Gasteiger partial charge is 0.497 e. The van der Waals surface area contributed by atoms with Crippen LogP contribution in [0, 0.1) is 0 Å². The van der Waals surface area contributed by atoms with E-state index in [0.29, 0.717) is 11.4 Å². The number of hydrogen-bond donors (Lipinski definition) is 1. The molecule has 0 fully saturated rings. The fourth-order valence-corrected chi connectivity index (χ4v) is 1.67. The molecule has 0 radical (unpaired) electrons. The van der Waals surface area contributed by atoms with E-state index >= 15 is 0 Å². The fraction of sp³-hybridized carbons (Fsp3) is 0.200. The van der Waals surface area contributed by atoms with E-state index in [0.717, 1.165) is 11.6 Å². The van der Waals surface area contributed by atoms with Crippen LogP contribution in [0.5, 0.6) is 5.75 Å². The van der Waals surface area contributed by atoms with Gasteiger partial charge < -0.3 is 15.0 Å². The monoisotopic (exact) mass is 271 g/mol. The molecule has 0 spiro atoms. The van der Waals surface area contributed by atoms with Crippen LogP contribution in [0.25, 0.3) is 0 Å². The van der Waals surface area contributed by atoms with Crippen molar-refractivity contribution in [3.63, 3.8) is 0 Å². The number of benzene rings is 1. The summed E-state index contributed by atoms with van der Waals surface area (Å²) in [6, 6.07) is 12.5. The lowest BCUT2D eigenvalue weighted by Gasteiger charge is -2.12. The number of nitrogens with one attached hydrogen (secondary N) is 1. The number of anilines is 2. The molecule has 1 aromatic carbocycles. The van der Waals surface area contributed by atoms with Gasteiger partial charge in [-0.2, -0.15) is 0 Å². The van der Waals surface area contributed by atoms with Gasteiger partial charge in [-0.05, 0) is 36.4 Å². The van der Waals surface area contributed by atoms with Gasteiger partial charge in [0.15, 0.2) is 0 Å². The van der Waals surface area contributed by atoms with E-state index in [1.165, 1.54) is 0 Å². The molecule has 0 aliphatic heterocycles. The molecule has 0 bridgehead atoms. The molecule has 0 saturated carbocycles. The Morgan fingerprint density at radius 3 is 2.45 bits per heavy atom. The molecule has 0 unspecified atom stereocenters. The second-order valence-corrected chi connectivity index (χ2v) is 4.46. The Kier molecular flexibility index (Phi) is 4.20. The van der Waals surface area contributed by atoms with Crippen molar-refractivity contribution >= 4 is 17.4 Å². The van der Waals surface area contributed by atoms with Crippen molar-refractivity contribution in [1.29, 1.82) is 0 Å². The van der Waals surface area contributed by atoms with E-state index in [1.807, 2.05) is 31.1 Å². The normalized spacial score (nSPS) is 9.95. The summed E-state index contributed by atoms with van der Waals surface area (Å²) in [5.41, 5.74) is 1.08. The van der Waals surface area contributed by atoms with Crippen LogP contribution in [-0.2, 0) is 0 Å². The fourth-order valence-electron chi connectivity index (χ4n) is 1.67. The third-order valence-electron chi connectivity index (χ3n) is 2.77. The number of pyridine rings is 1. The van der Waals surface area contributed by atoms with Gasteiger partial charge in [-0.25, -0.2) is 4.98 Å².